The summed E-state index contributed by atoms with van der Waals surface area (Å²) in [5.41, 5.74) is 2.20. The molecular formula is C24H20FN3O2S2. The van der Waals surface area contributed by atoms with Crippen LogP contribution in [0.1, 0.15) is 22.4 Å². The molecule has 8 heteroatoms. The summed E-state index contributed by atoms with van der Waals surface area (Å²) in [7, 11) is 0. The molecule has 1 aliphatic rings. The highest BCUT2D eigenvalue weighted by molar-refractivity contribution is 7.99. The molecule has 0 saturated heterocycles. The van der Waals surface area contributed by atoms with E-state index in [-0.39, 0.29) is 22.9 Å². The van der Waals surface area contributed by atoms with E-state index in [0.29, 0.717) is 11.7 Å². The topological polar surface area (TPSA) is 64.0 Å². The SMILES string of the molecule is O=C(CSc1nc2sc3c(c2c(=O)n1Cc1ccccc1)CCC3)Nc1ccccc1F. The number of carbonyl (C=O) groups is 1. The van der Waals surface area contributed by atoms with E-state index < -0.39 is 5.82 Å². The molecule has 5 nitrogen and oxygen atoms in total. The Bertz CT molecular complexity index is 1370. The number of anilines is 1. The highest BCUT2D eigenvalue weighted by Gasteiger charge is 2.23. The van der Waals surface area contributed by atoms with E-state index in [1.165, 1.54) is 28.8 Å². The number of carbonyl (C=O) groups excluding carboxylic acids is 1. The van der Waals surface area contributed by atoms with Crippen molar-refractivity contribution in [3.8, 4) is 0 Å². The minimum atomic E-state index is -0.487. The Morgan fingerprint density at radius 2 is 1.91 bits per heavy atom. The molecule has 162 valence electrons. The van der Waals surface area contributed by atoms with Crippen LogP contribution >= 0.6 is 23.1 Å². The van der Waals surface area contributed by atoms with Crippen molar-refractivity contribution < 1.29 is 9.18 Å². The molecule has 0 atom stereocenters. The van der Waals surface area contributed by atoms with E-state index in [1.54, 1.807) is 28.0 Å². The van der Waals surface area contributed by atoms with Gasteiger partial charge in [0.05, 0.1) is 23.4 Å². The molecule has 0 spiro atoms. The van der Waals surface area contributed by atoms with Crippen LogP contribution < -0.4 is 10.9 Å². The Morgan fingerprint density at radius 3 is 2.72 bits per heavy atom. The van der Waals surface area contributed by atoms with Crippen LogP contribution in [0.3, 0.4) is 0 Å². The number of rotatable bonds is 6. The van der Waals surface area contributed by atoms with Gasteiger partial charge in [-0.2, -0.15) is 0 Å². The Morgan fingerprint density at radius 1 is 1.12 bits per heavy atom. The van der Waals surface area contributed by atoms with Gasteiger partial charge < -0.3 is 5.32 Å². The Kier molecular flexibility index (Phi) is 5.80. The maximum atomic E-state index is 13.8. The van der Waals surface area contributed by atoms with Crippen LogP contribution in [-0.4, -0.2) is 21.2 Å². The quantitative estimate of drug-likeness (QED) is 0.326. The van der Waals surface area contributed by atoms with Gasteiger partial charge in [-0.3, -0.25) is 14.2 Å². The number of thiophene rings is 1. The van der Waals surface area contributed by atoms with E-state index in [4.69, 9.17) is 4.98 Å². The Labute approximate surface area is 192 Å². The van der Waals surface area contributed by atoms with Gasteiger partial charge in [0.2, 0.25) is 5.91 Å². The molecule has 1 aliphatic carbocycles. The highest BCUT2D eigenvalue weighted by atomic mass is 32.2. The lowest BCUT2D eigenvalue weighted by Gasteiger charge is -2.13. The number of para-hydroxylation sites is 1. The number of nitrogens with zero attached hydrogens (tertiary/aromatic N) is 2. The second kappa shape index (κ2) is 8.88. The molecule has 0 radical (unpaired) electrons. The van der Waals surface area contributed by atoms with Gasteiger partial charge >= 0.3 is 0 Å². The second-order valence-electron chi connectivity index (χ2n) is 7.63. The van der Waals surface area contributed by atoms with E-state index in [0.717, 1.165) is 40.6 Å². The predicted molar refractivity (Wildman–Crippen MR) is 127 cm³/mol. The molecule has 0 unspecified atom stereocenters. The molecule has 1 amide bonds. The number of nitrogens with one attached hydrogen (secondary N) is 1. The summed E-state index contributed by atoms with van der Waals surface area (Å²) < 4.78 is 15.5. The Balaban J connectivity index is 1.47. The van der Waals surface area contributed by atoms with Gasteiger partial charge in [0.1, 0.15) is 10.6 Å². The Hall–Kier alpha value is -2.97. The number of aryl methyl sites for hydroxylation is 2. The number of amides is 1. The molecule has 0 bridgehead atoms. The minimum absolute atomic E-state index is 0.0200. The number of fused-ring (bicyclic) bond motifs is 3. The fourth-order valence-corrected chi connectivity index (χ4v) is 6.05. The van der Waals surface area contributed by atoms with Crippen LogP contribution in [0, 0.1) is 5.82 Å². The van der Waals surface area contributed by atoms with Crippen LogP contribution in [0.25, 0.3) is 10.2 Å². The third kappa shape index (κ3) is 4.08. The summed E-state index contributed by atoms with van der Waals surface area (Å²) in [6.07, 6.45) is 2.97. The fraction of sp³-hybridized carbons (Fsp3) is 0.208. The first-order valence-corrected chi connectivity index (χ1v) is 12.2. The molecule has 4 aromatic rings. The van der Waals surface area contributed by atoms with Crippen molar-refractivity contribution in [3.63, 3.8) is 0 Å². The molecule has 32 heavy (non-hydrogen) atoms. The maximum absolute atomic E-state index is 13.8. The number of aromatic nitrogens is 2. The summed E-state index contributed by atoms with van der Waals surface area (Å²) >= 11 is 2.77. The molecule has 2 heterocycles. The first-order chi connectivity index (χ1) is 15.6. The summed E-state index contributed by atoms with van der Waals surface area (Å²) in [5, 5.41) is 3.80. The van der Waals surface area contributed by atoms with Gasteiger partial charge in [0.15, 0.2) is 5.16 Å². The van der Waals surface area contributed by atoms with Gasteiger partial charge in [-0.1, -0.05) is 54.2 Å². The zero-order valence-corrected chi connectivity index (χ0v) is 18.8. The van der Waals surface area contributed by atoms with Crippen LogP contribution in [0.2, 0.25) is 0 Å². The van der Waals surface area contributed by atoms with Crippen molar-refractivity contribution in [2.24, 2.45) is 0 Å². The number of hydrogen-bond acceptors (Lipinski definition) is 5. The second-order valence-corrected chi connectivity index (χ2v) is 9.65. The molecule has 1 N–H and O–H groups in total. The van der Waals surface area contributed by atoms with Crippen LogP contribution in [-0.2, 0) is 24.2 Å². The van der Waals surface area contributed by atoms with Crippen molar-refractivity contribution in [2.75, 3.05) is 11.1 Å². The van der Waals surface area contributed by atoms with Crippen LogP contribution in [0.5, 0.6) is 0 Å². The van der Waals surface area contributed by atoms with Crippen LogP contribution in [0.4, 0.5) is 10.1 Å². The minimum Gasteiger partial charge on any atom is -0.323 e. The van der Waals surface area contributed by atoms with Gasteiger partial charge in [-0.15, -0.1) is 11.3 Å². The van der Waals surface area contributed by atoms with E-state index in [9.17, 15) is 14.0 Å². The smallest absolute Gasteiger partial charge is 0.263 e. The first kappa shape index (κ1) is 20.9. The van der Waals surface area contributed by atoms with E-state index >= 15 is 0 Å². The normalized spacial score (nSPS) is 12.8. The van der Waals surface area contributed by atoms with Crippen molar-refractivity contribution in [1.82, 2.24) is 9.55 Å². The van der Waals surface area contributed by atoms with Gasteiger partial charge in [0, 0.05) is 4.88 Å². The predicted octanol–water partition coefficient (Wildman–Crippen LogP) is 4.86. The zero-order chi connectivity index (χ0) is 22.1. The molecular weight excluding hydrogens is 445 g/mol. The summed E-state index contributed by atoms with van der Waals surface area (Å²) in [6, 6.07) is 15.8. The maximum Gasteiger partial charge on any atom is 0.263 e. The zero-order valence-electron chi connectivity index (χ0n) is 17.1. The summed E-state index contributed by atoms with van der Waals surface area (Å²) in [6.45, 7) is 0.379. The first-order valence-electron chi connectivity index (χ1n) is 10.4. The molecule has 2 aromatic carbocycles. The number of thioether (sulfide) groups is 1. The highest BCUT2D eigenvalue weighted by Crippen LogP contribution is 2.35. The lowest BCUT2D eigenvalue weighted by molar-refractivity contribution is -0.113. The third-order valence-electron chi connectivity index (χ3n) is 5.45. The number of hydrogen-bond donors (Lipinski definition) is 1. The lowest BCUT2D eigenvalue weighted by atomic mass is 10.2. The number of benzene rings is 2. The third-order valence-corrected chi connectivity index (χ3v) is 7.62. The fourth-order valence-electron chi connectivity index (χ4n) is 3.95. The average molecular weight is 466 g/mol. The van der Waals surface area contributed by atoms with E-state index in [1.807, 2.05) is 30.3 Å². The van der Waals surface area contributed by atoms with Crippen molar-refractivity contribution in [1.29, 1.82) is 0 Å². The van der Waals surface area contributed by atoms with E-state index in [2.05, 4.69) is 5.32 Å². The van der Waals surface area contributed by atoms with Crippen molar-refractivity contribution >= 4 is 44.9 Å². The molecule has 0 fully saturated rings. The average Bonchev–Trinajstić information content (AvgIpc) is 3.38. The molecule has 0 aliphatic heterocycles. The largest absolute Gasteiger partial charge is 0.323 e. The molecule has 2 aromatic heterocycles. The lowest BCUT2D eigenvalue weighted by Crippen LogP contribution is -2.25. The van der Waals surface area contributed by atoms with Gasteiger partial charge in [-0.25, -0.2) is 9.37 Å². The van der Waals surface area contributed by atoms with Crippen molar-refractivity contribution in [2.45, 2.75) is 31.0 Å². The van der Waals surface area contributed by atoms with Crippen molar-refractivity contribution in [3.05, 3.63) is 86.8 Å². The molecule has 5 rings (SSSR count). The molecule has 0 saturated carbocycles. The van der Waals surface area contributed by atoms with Gasteiger partial charge in [0.25, 0.3) is 5.56 Å². The summed E-state index contributed by atoms with van der Waals surface area (Å²) in [4.78, 5) is 32.7. The van der Waals surface area contributed by atoms with Gasteiger partial charge in [-0.05, 0) is 42.5 Å². The number of halogens is 1. The summed E-state index contributed by atoms with van der Waals surface area (Å²) in [5.74, 6) is -0.819. The van der Waals surface area contributed by atoms with Crippen LogP contribution in [0.15, 0.2) is 64.5 Å². The standard InChI is InChI=1S/C24H20FN3O2S2/c25-17-10-4-5-11-18(17)26-20(29)14-31-24-27-22-21(16-9-6-12-19(16)32-22)23(30)28(24)13-15-7-2-1-3-8-15/h1-5,7-8,10-11H,6,9,12-14H2,(H,26,29). The monoisotopic (exact) mass is 465 g/mol.